The third kappa shape index (κ3) is 3.16. The molecule has 1 amide bonds. The van der Waals surface area contributed by atoms with Gasteiger partial charge in [0.05, 0.1) is 23.6 Å². The van der Waals surface area contributed by atoms with Crippen molar-refractivity contribution in [3.8, 4) is 5.75 Å². The molecule has 162 valence electrons. The number of ether oxygens (including phenoxy) is 1. The van der Waals surface area contributed by atoms with E-state index in [0.717, 1.165) is 11.1 Å². The molecule has 9 heteroatoms. The molecule has 0 N–H and O–H groups in total. The summed E-state index contributed by atoms with van der Waals surface area (Å²) in [5.74, 6) is -0.519. The van der Waals surface area contributed by atoms with Crippen LogP contribution in [0.1, 0.15) is 46.6 Å². The molecule has 1 unspecified atom stereocenters. The smallest absolute Gasteiger partial charge is 0.297 e. The number of amides is 1. The van der Waals surface area contributed by atoms with Gasteiger partial charge in [-0.3, -0.25) is 14.5 Å². The van der Waals surface area contributed by atoms with Crippen LogP contribution in [0.25, 0.3) is 11.0 Å². The molecule has 0 bridgehead atoms. The number of aryl methyl sites for hydroxylation is 1. The van der Waals surface area contributed by atoms with Crippen molar-refractivity contribution in [1.82, 2.24) is 10.2 Å². The molecule has 0 saturated carbocycles. The molecule has 5 rings (SSSR count). The SMILES string of the molecule is CCOc1cccc(C2c3c(oc4ccc(F)cc4c3=O)C(=O)N2c2nnc(CC)s2)c1. The second-order valence-electron chi connectivity index (χ2n) is 7.23. The zero-order chi connectivity index (χ0) is 22.4. The lowest BCUT2D eigenvalue weighted by molar-refractivity contribution is 0.0970. The average Bonchev–Trinajstić information content (AvgIpc) is 3.37. The van der Waals surface area contributed by atoms with Crippen LogP contribution < -0.4 is 15.1 Å². The molecule has 0 spiro atoms. The van der Waals surface area contributed by atoms with Crippen molar-refractivity contribution in [2.75, 3.05) is 11.5 Å². The third-order valence-corrected chi connectivity index (χ3v) is 6.35. The summed E-state index contributed by atoms with van der Waals surface area (Å²) >= 11 is 1.28. The highest BCUT2D eigenvalue weighted by Gasteiger charge is 2.45. The summed E-state index contributed by atoms with van der Waals surface area (Å²) < 4.78 is 25.3. The molecule has 32 heavy (non-hydrogen) atoms. The van der Waals surface area contributed by atoms with Gasteiger partial charge in [0.1, 0.15) is 22.2 Å². The number of hydrogen-bond acceptors (Lipinski definition) is 7. The second kappa shape index (κ2) is 7.83. The molecular weight excluding hydrogens is 433 g/mol. The zero-order valence-electron chi connectivity index (χ0n) is 17.3. The zero-order valence-corrected chi connectivity index (χ0v) is 18.1. The van der Waals surface area contributed by atoms with Crippen molar-refractivity contribution in [3.63, 3.8) is 0 Å². The molecule has 0 saturated heterocycles. The van der Waals surface area contributed by atoms with Gasteiger partial charge in [-0.1, -0.05) is 30.4 Å². The van der Waals surface area contributed by atoms with Crippen LogP contribution in [0.3, 0.4) is 0 Å². The minimum Gasteiger partial charge on any atom is -0.494 e. The van der Waals surface area contributed by atoms with Crippen molar-refractivity contribution in [1.29, 1.82) is 0 Å². The third-order valence-electron chi connectivity index (χ3n) is 5.28. The summed E-state index contributed by atoms with van der Waals surface area (Å²) in [7, 11) is 0. The number of aromatic nitrogens is 2. The van der Waals surface area contributed by atoms with Gasteiger partial charge in [-0.15, -0.1) is 10.2 Å². The summed E-state index contributed by atoms with van der Waals surface area (Å²) in [6.07, 6.45) is 0.664. The van der Waals surface area contributed by atoms with E-state index in [1.807, 2.05) is 13.8 Å². The van der Waals surface area contributed by atoms with Crippen molar-refractivity contribution in [3.05, 3.63) is 80.4 Å². The molecule has 4 aromatic rings. The highest BCUT2D eigenvalue weighted by Crippen LogP contribution is 2.42. The molecule has 1 atom stereocenters. The number of nitrogens with zero attached hydrogens (tertiary/aromatic N) is 3. The van der Waals surface area contributed by atoms with Crippen LogP contribution >= 0.6 is 11.3 Å². The lowest BCUT2D eigenvalue weighted by Gasteiger charge is -2.22. The minimum atomic E-state index is -0.806. The maximum Gasteiger partial charge on any atom is 0.297 e. The van der Waals surface area contributed by atoms with Gasteiger partial charge in [-0.2, -0.15) is 0 Å². The van der Waals surface area contributed by atoms with E-state index in [2.05, 4.69) is 10.2 Å². The Balaban J connectivity index is 1.78. The fraction of sp³-hybridized carbons (Fsp3) is 0.217. The maximum absolute atomic E-state index is 13.9. The Morgan fingerprint density at radius 1 is 1.16 bits per heavy atom. The normalized spacial score (nSPS) is 15.4. The molecule has 0 fully saturated rings. The summed E-state index contributed by atoms with van der Waals surface area (Å²) in [6.45, 7) is 4.28. The maximum atomic E-state index is 13.9. The first kappa shape index (κ1) is 20.3. The summed E-state index contributed by atoms with van der Waals surface area (Å²) in [4.78, 5) is 28.4. The Kier molecular flexibility index (Phi) is 4.97. The van der Waals surface area contributed by atoms with Crippen LogP contribution in [-0.2, 0) is 6.42 Å². The fourth-order valence-corrected chi connectivity index (χ4v) is 4.69. The summed E-state index contributed by atoms with van der Waals surface area (Å²) in [5, 5.41) is 9.52. The molecule has 0 radical (unpaired) electrons. The Morgan fingerprint density at radius 3 is 2.75 bits per heavy atom. The van der Waals surface area contributed by atoms with E-state index in [-0.39, 0.29) is 22.3 Å². The van der Waals surface area contributed by atoms with Crippen molar-refractivity contribution in [2.45, 2.75) is 26.3 Å². The Bertz CT molecular complexity index is 1410. The highest BCUT2D eigenvalue weighted by molar-refractivity contribution is 7.15. The van der Waals surface area contributed by atoms with Gasteiger partial charge < -0.3 is 9.15 Å². The molecule has 0 aliphatic carbocycles. The van der Waals surface area contributed by atoms with Crippen LogP contribution in [0, 0.1) is 5.82 Å². The standard InChI is InChI=1S/C23H18FN3O4S/c1-3-17-25-26-23(32-17)27-19(12-6-5-7-14(10-12)30-4-2)18-20(28)15-11-13(24)8-9-16(15)31-21(18)22(27)29/h5-11,19H,3-4H2,1-2H3. The lowest BCUT2D eigenvalue weighted by atomic mass is 9.98. The van der Waals surface area contributed by atoms with E-state index in [0.29, 0.717) is 29.5 Å². The van der Waals surface area contributed by atoms with Crippen LogP contribution in [0.5, 0.6) is 5.75 Å². The van der Waals surface area contributed by atoms with E-state index in [1.165, 1.54) is 28.4 Å². The average molecular weight is 451 g/mol. The van der Waals surface area contributed by atoms with Crippen molar-refractivity contribution < 1.29 is 18.3 Å². The van der Waals surface area contributed by atoms with Crippen molar-refractivity contribution >= 4 is 33.3 Å². The van der Waals surface area contributed by atoms with Gasteiger partial charge in [0.2, 0.25) is 10.9 Å². The number of carbonyl (C=O) groups excluding carboxylic acids is 1. The number of hydrogen-bond donors (Lipinski definition) is 0. The predicted molar refractivity (Wildman–Crippen MR) is 118 cm³/mol. The largest absolute Gasteiger partial charge is 0.494 e. The summed E-state index contributed by atoms with van der Waals surface area (Å²) in [5.41, 5.74) is 0.497. The van der Waals surface area contributed by atoms with Gasteiger partial charge in [-0.05, 0) is 49.2 Å². The fourth-order valence-electron chi connectivity index (χ4n) is 3.88. The number of benzene rings is 2. The Hall–Kier alpha value is -3.59. The molecular formula is C23H18FN3O4S. The quantitative estimate of drug-likeness (QED) is 0.444. The lowest BCUT2D eigenvalue weighted by Crippen LogP contribution is -2.29. The second-order valence-corrected chi connectivity index (χ2v) is 8.27. The number of halogens is 1. The first-order chi connectivity index (χ1) is 15.5. The number of carbonyl (C=O) groups is 1. The van der Waals surface area contributed by atoms with E-state index in [9.17, 15) is 14.0 Å². The summed E-state index contributed by atoms with van der Waals surface area (Å²) in [6, 6.07) is 10.0. The molecule has 2 aromatic carbocycles. The predicted octanol–water partition coefficient (Wildman–Crippen LogP) is 4.49. The van der Waals surface area contributed by atoms with Crippen LogP contribution in [0.15, 0.2) is 51.7 Å². The topological polar surface area (TPSA) is 85.5 Å². The van der Waals surface area contributed by atoms with Crippen LogP contribution in [0.2, 0.25) is 0 Å². The highest BCUT2D eigenvalue weighted by atomic mass is 32.1. The number of rotatable bonds is 5. The Labute approximate surface area is 186 Å². The van der Waals surface area contributed by atoms with E-state index in [1.54, 1.807) is 24.3 Å². The molecule has 7 nitrogen and oxygen atoms in total. The number of fused-ring (bicyclic) bond motifs is 2. The van der Waals surface area contributed by atoms with E-state index >= 15 is 0 Å². The molecule has 2 aromatic heterocycles. The first-order valence-corrected chi connectivity index (χ1v) is 11.0. The monoisotopic (exact) mass is 451 g/mol. The Morgan fingerprint density at radius 2 is 2.00 bits per heavy atom. The number of anilines is 1. The van der Waals surface area contributed by atoms with E-state index in [4.69, 9.17) is 9.15 Å². The molecule has 1 aliphatic heterocycles. The van der Waals surface area contributed by atoms with Gasteiger partial charge in [0, 0.05) is 0 Å². The van der Waals surface area contributed by atoms with E-state index < -0.39 is 23.2 Å². The van der Waals surface area contributed by atoms with Gasteiger partial charge >= 0.3 is 0 Å². The van der Waals surface area contributed by atoms with Crippen LogP contribution in [-0.4, -0.2) is 22.7 Å². The van der Waals surface area contributed by atoms with Gasteiger partial charge in [0.15, 0.2) is 5.43 Å². The minimum absolute atomic E-state index is 0.0748. The van der Waals surface area contributed by atoms with Crippen molar-refractivity contribution in [2.24, 2.45) is 0 Å². The molecule has 3 heterocycles. The van der Waals surface area contributed by atoms with Gasteiger partial charge in [0.25, 0.3) is 5.91 Å². The molecule has 1 aliphatic rings. The first-order valence-electron chi connectivity index (χ1n) is 10.2. The van der Waals surface area contributed by atoms with Gasteiger partial charge in [-0.25, -0.2) is 4.39 Å². The van der Waals surface area contributed by atoms with Crippen LogP contribution in [0.4, 0.5) is 9.52 Å².